The Morgan fingerprint density at radius 3 is 2.80 bits per heavy atom. The molecule has 0 saturated carbocycles. The van der Waals surface area contributed by atoms with Crippen molar-refractivity contribution >= 4 is 23.3 Å². The number of aryl methyl sites for hydroxylation is 1. The molecular formula is C26H28N4O4S. The normalized spacial score (nSPS) is 18.6. The summed E-state index contributed by atoms with van der Waals surface area (Å²) in [6.07, 6.45) is 2.78. The van der Waals surface area contributed by atoms with Gasteiger partial charge in [-0.1, -0.05) is 6.07 Å². The highest BCUT2D eigenvalue weighted by Crippen LogP contribution is 2.42. The Bertz CT molecular complexity index is 1260. The Kier molecular flexibility index (Phi) is 6.34. The molecule has 4 heterocycles. The standard InChI is InChI=1S/C26H28N4O4S/c1-16-13-19(17(2)30(16)18-9-10-21-22(14-18)34-15-33-21)25-24(20-7-4-5-11-27-20)28-26(35)29(25)12-6-8-23(31)32-3/h4-5,7,9-11,13-14,24-25H,6,8,12,15H2,1-3H3,(H,28,35)/t24-,25-/m0/s1. The summed E-state index contributed by atoms with van der Waals surface area (Å²) in [5.74, 6) is 1.28. The van der Waals surface area contributed by atoms with Crippen molar-refractivity contribution in [3.63, 3.8) is 0 Å². The number of nitrogens with one attached hydrogen (secondary N) is 1. The van der Waals surface area contributed by atoms with Gasteiger partial charge in [-0.05, 0) is 68.4 Å². The van der Waals surface area contributed by atoms with Crippen LogP contribution in [0.5, 0.6) is 11.5 Å². The first-order valence-electron chi connectivity index (χ1n) is 11.6. The number of esters is 1. The summed E-state index contributed by atoms with van der Waals surface area (Å²) >= 11 is 5.77. The molecule has 0 aliphatic carbocycles. The average molecular weight is 493 g/mol. The molecule has 0 radical (unpaired) electrons. The zero-order valence-corrected chi connectivity index (χ0v) is 20.8. The van der Waals surface area contributed by atoms with Crippen molar-refractivity contribution < 1.29 is 19.0 Å². The number of nitrogens with zero attached hydrogens (tertiary/aromatic N) is 3. The number of hydrogen-bond acceptors (Lipinski definition) is 6. The Balaban J connectivity index is 1.53. The summed E-state index contributed by atoms with van der Waals surface area (Å²) in [5, 5.41) is 4.14. The number of thiocarbonyl (C=S) groups is 1. The number of carbonyl (C=O) groups excluding carboxylic acids is 1. The Labute approximate surface area is 209 Å². The molecule has 3 aromatic rings. The van der Waals surface area contributed by atoms with Gasteiger partial charge >= 0.3 is 5.97 Å². The highest BCUT2D eigenvalue weighted by atomic mass is 32.1. The molecule has 1 fully saturated rings. The SMILES string of the molecule is COC(=O)CCCN1C(=S)N[C@@H](c2ccccn2)[C@@H]1c1cc(C)n(-c2ccc3c(c2)OCO3)c1C. The number of carbonyl (C=O) groups is 1. The summed E-state index contributed by atoms with van der Waals surface area (Å²) in [7, 11) is 1.41. The molecule has 1 N–H and O–H groups in total. The average Bonchev–Trinajstić information content (AvgIpc) is 3.54. The Morgan fingerprint density at radius 1 is 1.20 bits per heavy atom. The molecule has 9 heteroatoms. The maximum absolute atomic E-state index is 11.7. The van der Waals surface area contributed by atoms with Crippen molar-refractivity contribution in [3.8, 4) is 17.2 Å². The molecular weight excluding hydrogens is 464 g/mol. The number of fused-ring (bicyclic) bond motifs is 1. The number of hydrogen-bond donors (Lipinski definition) is 1. The van der Waals surface area contributed by atoms with Gasteiger partial charge < -0.3 is 29.0 Å². The Hall–Kier alpha value is -3.59. The zero-order valence-electron chi connectivity index (χ0n) is 20.0. The molecule has 1 saturated heterocycles. The van der Waals surface area contributed by atoms with Crippen LogP contribution < -0.4 is 14.8 Å². The lowest BCUT2D eigenvalue weighted by Gasteiger charge is -2.28. The van der Waals surface area contributed by atoms with E-state index in [4.69, 9.17) is 26.4 Å². The van der Waals surface area contributed by atoms with Gasteiger partial charge in [-0.3, -0.25) is 9.78 Å². The van der Waals surface area contributed by atoms with Gasteiger partial charge in [0.25, 0.3) is 0 Å². The molecule has 2 atom stereocenters. The van der Waals surface area contributed by atoms with E-state index in [1.165, 1.54) is 7.11 Å². The van der Waals surface area contributed by atoms with Crippen molar-refractivity contribution in [2.45, 2.75) is 38.8 Å². The van der Waals surface area contributed by atoms with Gasteiger partial charge in [0, 0.05) is 42.3 Å². The molecule has 2 aromatic heterocycles. The van der Waals surface area contributed by atoms with Crippen molar-refractivity contribution in [1.82, 2.24) is 19.8 Å². The van der Waals surface area contributed by atoms with Crippen LogP contribution in [0.1, 0.15) is 47.6 Å². The van der Waals surface area contributed by atoms with Crippen LogP contribution in [0.3, 0.4) is 0 Å². The molecule has 0 spiro atoms. The largest absolute Gasteiger partial charge is 0.469 e. The van der Waals surface area contributed by atoms with Crippen molar-refractivity contribution in [1.29, 1.82) is 0 Å². The molecule has 0 unspecified atom stereocenters. The third kappa shape index (κ3) is 4.32. The topological polar surface area (TPSA) is 77.9 Å². The van der Waals surface area contributed by atoms with Crippen LogP contribution in [-0.4, -0.2) is 46.0 Å². The minimum Gasteiger partial charge on any atom is -0.469 e. The van der Waals surface area contributed by atoms with Crippen LogP contribution in [0.4, 0.5) is 0 Å². The van der Waals surface area contributed by atoms with E-state index < -0.39 is 0 Å². The Morgan fingerprint density at radius 2 is 2.03 bits per heavy atom. The van der Waals surface area contributed by atoms with Gasteiger partial charge in [-0.25, -0.2) is 0 Å². The van der Waals surface area contributed by atoms with E-state index in [-0.39, 0.29) is 24.8 Å². The first-order chi connectivity index (χ1) is 17.0. The van der Waals surface area contributed by atoms with E-state index in [1.54, 1.807) is 6.20 Å². The maximum Gasteiger partial charge on any atom is 0.305 e. The monoisotopic (exact) mass is 492 g/mol. The van der Waals surface area contributed by atoms with Gasteiger partial charge in [-0.15, -0.1) is 0 Å². The fourth-order valence-electron chi connectivity index (χ4n) is 4.99. The fraction of sp³-hybridized carbons (Fsp3) is 0.346. The number of methoxy groups -OCH3 is 1. The second kappa shape index (κ2) is 9.58. The van der Waals surface area contributed by atoms with Crippen molar-refractivity contribution in [3.05, 3.63) is 71.3 Å². The molecule has 1 aromatic carbocycles. The number of benzene rings is 1. The molecule has 8 nitrogen and oxygen atoms in total. The maximum atomic E-state index is 11.7. The van der Waals surface area contributed by atoms with Crippen LogP contribution >= 0.6 is 12.2 Å². The van der Waals surface area contributed by atoms with Gasteiger partial charge in [0.2, 0.25) is 6.79 Å². The number of ether oxygens (including phenoxy) is 3. The van der Waals surface area contributed by atoms with E-state index in [0.29, 0.717) is 24.5 Å². The van der Waals surface area contributed by atoms with Crippen LogP contribution in [0.2, 0.25) is 0 Å². The lowest BCUT2D eigenvalue weighted by Crippen LogP contribution is -2.31. The molecule has 182 valence electrons. The van der Waals surface area contributed by atoms with Crippen LogP contribution in [0, 0.1) is 13.8 Å². The summed E-state index contributed by atoms with van der Waals surface area (Å²) in [6, 6.07) is 13.9. The smallest absolute Gasteiger partial charge is 0.305 e. The number of pyridine rings is 1. The third-order valence-electron chi connectivity index (χ3n) is 6.61. The minimum absolute atomic E-state index is 0.0796. The highest BCUT2D eigenvalue weighted by Gasteiger charge is 2.41. The second-order valence-corrected chi connectivity index (χ2v) is 9.09. The van der Waals surface area contributed by atoms with E-state index in [2.05, 4.69) is 39.7 Å². The molecule has 0 bridgehead atoms. The number of rotatable bonds is 7. The first kappa shape index (κ1) is 23.2. The van der Waals surface area contributed by atoms with Gasteiger partial charge in [0.05, 0.1) is 24.9 Å². The van der Waals surface area contributed by atoms with Gasteiger partial charge in [0.15, 0.2) is 16.6 Å². The molecule has 0 amide bonds. The summed E-state index contributed by atoms with van der Waals surface area (Å²) in [5.41, 5.74) is 5.29. The quantitative estimate of drug-likeness (QED) is 0.390. The number of aromatic nitrogens is 2. The van der Waals surface area contributed by atoms with Gasteiger partial charge in [-0.2, -0.15) is 0 Å². The fourth-order valence-corrected chi connectivity index (χ4v) is 5.32. The lowest BCUT2D eigenvalue weighted by molar-refractivity contribution is -0.140. The van der Waals surface area contributed by atoms with E-state index in [9.17, 15) is 4.79 Å². The van der Waals surface area contributed by atoms with Crippen LogP contribution in [0.15, 0.2) is 48.7 Å². The van der Waals surface area contributed by atoms with Crippen molar-refractivity contribution in [2.24, 2.45) is 0 Å². The lowest BCUT2D eigenvalue weighted by atomic mass is 9.96. The highest BCUT2D eigenvalue weighted by molar-refractivity contribution is 7.80. The second-order valence-electron chi connectivity index (χ2n) is 8.70. The molecule has 2 aliphatic heterocycles. The summed E-state index contributed by atoms with van der Waals surface area (Å²) in [6.45, 7) is 5.09. The molecule has 35 heavy (non-hydrogen) atoms. The van der Waals surface area contributed by atoms with Gasteiger partial charge in [0.1, 0.15) is 0 Å². The first-order valence-corrected chi connectivity index (χ1v) is 12.0. The van der Waals surface area contributed by atoms with Crippen molar-refractivity contribution in [2.75, 3.05) is 20.4 Å². The van der Waals surface area contributed by atoms with E-state index in [1.807, 2.05) is 36.4 Å². The molecule has 5 rings (SSSR count). The van der Waals surface area contributed by atoms with E-state index >= 15 is 0 Å². The van der Waals surface area contributed by atoms with E-state index in [0.717, 1.165) is 39.8 Å². The van der Waals surface area contributed by atoms with Crippen LogP contribution in [-0.2, 0) is 9.53 Å². The summed E-state index contributed by atoms with van der Waals surface area (Å²) in [4.78, 5) is 18.5. The predicted molar refractivity (Wildman–Crippen MR) is 135 cm³/mol. The van der Waals surface area contributed by atoms with Crippen LogP contribution in [0.25, 0.3) is 5.69 Å². The summed E-state index contributed by atoms with van der Waals surface area (Å²) < 4.78 is 18.1. The predicted octanol–water partition coefficient (Wildman–Crippen LogP) is 4.14. The molecule has 2 aliphatic rings. The third-order valence-corrected chi connectivity index (χ3v) is 6.96. The zero-order chi connectivity index (χ0) is 24.5. The minimum atomic E-state index is -0.220.